The van der Waals surface area contributed by atoms with Crippen LogP contribution >= 0.6 is 11.3 Å². The smallest absolute Gasteiger partial charge is 0.230 e. The zero-order valence-electron chi connectivity index (χ0n) is 9.65. The van der Waals surface area contributed by atoms with Gasteiger partial charge < -0.3 is 10.2 Å². The van der Waals surface area contributed by atoms with Gasteiger partial charge in [-0.05, 0) is 31.5 Å². The molecule has 0 spiro atoms. The predicted octanol–water partition coefficient (Wildman–Crippen LogP) is 3.76. The molecule has 17 heavy (non-hydrogen) atoms. The lowest BCUT2D eigenvalue weighted by Gasteiger charge is -1.90. The van der Waals surface area contributed by atoms with Crippen LogP contribution in [0, 0.1) is 13.8 Å². The molecule has 0 radical (unpaired) electrons. The van der Waals surface area contributed by atoms with Crippen molar-refractivity contribution in [1.82, 2.24) is 4.98 Å². The Morgan fingerprint density at radius 1 is 1.29 bits per heavy atom. The van der Waals surface area contributed by atoms with Crippen molar-refractivity contribution < 1.29 is 4.42 Å². The molecule has 0 bridgehead atoms. The highest BCUT2D eigenvalue weighted by molar-refractivity contribution is 7.16. The molecule has 0 aliphatic rings. The van der Waals surface area contributed by atoms with E-state index >= 15 is 0 Å². The molecule has 4 heteroatoms. The number of nitrogen functional groups attached to an aromatic ring is 1. The first-order valence-electron chi connectivity index (χ1n) is 5.37. The lowest BCUT2D eigenvalue weighted by molar-refractivity contribution is 0.620. The van der Waals surface area contributed by atoms with Gasteiger partial charge >= 0.3 is 0 Å². The number of aryl methyl sites for hydroxylation is 2. The number of oxazole rings is 1. The average molecular weight is 244 g/mol. The minimum Gasteiger partial charge on any atom is -0.436 e. The maximum Gasteiger partial charge on any atom is 0.230 e. The molecule has 0 aliphatic heterocycles. The summed E-state index contributed by atoms with van der Waals surface area (Å²) in [6, 6.07) is 7.93. The monoisotopic (exact) mass is 244 g/mol. The Bertz CT molecular complexity index is 697. The summed E-state index contributed by atoms with van der Waals surface area (Å²) in [7, 11) is 0. The average Bonchev–Trinajstić information content (AvgIpc) is 2.82. The van der Waals surface area contributed by atoms with E-state index in [-0.39, 0.29) is 0 Å². The zero-order chi connectivity index (χ0) is 12.0. The Hall–Kier alpha value is -1.81. The molecule has 0 saturated carbocycles. The van der Waals surface area contributed by atoms with Crippen molar-refractivity contribution in [3.05, 3.63) is 34.7 Å². The first kappa shape index (κ1) is 10.4. The molecule has 0 atom stereocenters. The number of benzene rings is 1. The number of nitrogens with zero attached hydrogens (tertiary/aromatic N) is 1. The Balaban J connectivity index is 2.25. The number of aromatic nitrogens is 1. The van der Waals surface area contributed by atoms with E-state index < -0.39 is 0 Å². The number of rotatable bonds is 1. The van der Waals surface area contributed by atoms with Crippen LogP contribution in [0.2, 0.25) is 0 Å². The molecule has 0 aliphatic carbocycles. The van der Waals surface area contributed by atoms with Gasteiger partial charge in [-0.25, -0.2) is 4.98 Å². The number of para-hydroxylation sites is 1. The first-order valence-corrected chi connectivity index (χ1v) is 6.19. The van der Waals surface area contributed by atoms with Crippen LogP contribution in [0.3, 0.4) is 0 Å². The third-order valence-electron chi connectivity index (χ3n) is 2.74. The highest BCUT2D eigenvalue weighted by Crippen LogP contribution is 2.34. The van der Waals surface area contributed by atoms with Crippen molar-refractivity contribution in [2.45, 2.75) is 13.8 Å². The van der Waals surface area contributed by atoms with E-state index in [1.807, 2.05) is 38.1 Å². The van der Waals surface area contributed by atoms with E-state index in [4.69, 9.17) is 10.2 Å². The van der Waals surface area contributed by atoms with Crippen LogP contribution in [0.4, 0.5) is 5.00 Å². The second-order valence-electron chi connectivity index (χ2n) is 4.08. The molecular weight excluding hydrogens is 232 g/mol. The fraction of sp³-hybridized carbons (Fsp3) is 0.154. The maximum atomic E-state index is 5.95. The number of thiophene rings is 1. The van der Waals surface area contributed by atoms with Crippen LogP contribution < -0.4 is 5.73 Å². The molecule has 0 saturated heterocycles. The van der Waals surface area contributed by atoms with Gasteiger partial charge in [-0.3, -0.25) is 0 Å². The third kappa shape index (κ3) is 1.61. The van der Waals surface area contributed by atoms with Gasteiger partial charge in [0.1, 0.15) is 5.52 Å². The maximum absolute atomic E-state index is 5.95. The number of hydrogen-bond donors (Lipinski definition) is 1. The fourth-order valence-corrected chi connectivity index (χ4v) is 2.68. The van der Waals surface area contributed by atoms with E-state index in [1.165, 1.54) is 0 Å². The van der Waals surface area contributed by atoms with Gasteiger partial charge in [0.2, 0.25) is 5.89 Å². The molecule has 86 valence electrons. The Morgan fingerprint density at radius 2 is 2.12 bits per heavy atom. The van der Waals surface area contributed by atoms with Crippen LogP contribution in [0.5, 0.6) is 0 Å². The van der Waals surface area contributed by atoms with Crippen molar-refractivity contribution in [2.75, 3.05) is 5.73 Å². The van der Waals surface area contributed by atoms with Gasteiger partial charge in [0.15, 0.2) is 5.58 Å². The number of fused-ring (bicyclic) bond motifs is 1. The fourth-order valence-electron chi connectivity index (χ4n) is 1.90. The van der Waals surface area contributed by atoms with E-state index in [0.29, 0.717) is 5.89 Å². The van der Waals surface area contributed by atoms with E-state index in [2.05, 4.69) is 4.98 Å². The molecule has 2 heterocycles. The van der Waals surface area contributed by atoms with Crippen molar-refractivity contribution in [2.24, 2.45) is 0 Å². The summed E-state index contributed by atoms with van der Waals surface area (Å²) in [6.45, 7) is 4.05. The molecule has 3 nitrogen and oxygen atoms in total. The largest absolute Gasteiger partial charge is 0.436 e. The highest BCUT2D eigenvalue weighted by Gasteiger charge is 2.14. The number of anilines is 1. The summed E-state index contributed by atoms with van der Waals surface area (Å²) in [4.78, 5) is 5.68. The van der Waals surface area contributed by atoms with Crippen molar-refractivity contribution >= 4 is 27.4 Å². The summed E-state index contributed by atoms with van der Waals surface area (Å²) >= 11 is 1.56. The van der Waals surface area contributed by atoms with Crippen LogP contribution in [0.15, 0.2) is 28.7 Å². The number of nitrogens with two attached hydrogens (primary N) is 1. The van der Waals surface area contributed by atoms with E-state index in [9.17, 15) is 0 Å². The summed E-state index contributed by atoms with van der Waals surface area (Å²) < 4.78 is 5.74. The molecule has 3 rings (SSSR count). The summed E-state index contributed by atoms with van der Waals surface area (Å²) in [5.41, 5.74) is 9.67. The van der Waals surface area contributed by atoms with Crippen LogP contribution in [-0.4, -0.2) is 4.98 Å². The van der Waals surface area contributed by atoms with Gasteiger partial charge in [-0.1, -0.05) is 12.1 Å². The zero-order valence-corrected chi connectivity index (χ0v) is 10.5. The first-order chi connectivity index (χ1) is 8.15. The lowest BCUT2D eigenvalue weighted by Crippen LogP contribution is -1.83. The SMILES string of the molecule is Cc1cc(-c2nc3c(C)cccc3o2)c(N)s1. The van der Waals surface area contributed by atoms with Gasteiger partial charge in [0, 0.05) is 4.88 Å². The van der Waals surface area contributed by atoms with Gasteiger partial charge in [-0.15, -0.1) is 11.3 Å². The Morgan fingerprint density at radius 3 is 2.76 bits per heavy atom. The lowest BCUT2D eigenvalue weighted by atomic mass is 10.2. The molecule has 3 aromatic rings. The number of hydrogen-bond acceptors (Lipinski definition) is 4. The quantitative estimate of drug-likeness (QED) is 0.709. The van der Waals surface area contributed by atoms with E-state index in [0.717, 1.165) is 32.1 Å². The summed E-state index contributed by atoms with van der Waals surface area (Å²) in [5.74, 6) is 0.608. The normalized spacial score (nSPS) is 11.2. The summed E-state index contributed by atoms with van der Waals surface area (Å²) in [5, 5.41) is 0.756. The van der Waals surface area contributed by atoms with Crippen LogP contribution in [0.25, 0.3) is 22.6 Å². The van der Waals surface area contributed by atoms with E-state index in [1.54, 1.807) is 11.3 Å². The van der Waals surface area contributed by atoms with Gasteiger partial charge in [-0.2, -0.15) is 0 Å². The molecule has 2 aromatic heterocycles. The van der Waals surface area contributed by atoms with Crippen LogP contribution in [0.1, 0.15) is 10.4 Å². The highest BCUT2D eigenvalue weighted by atomic mass is 32.1. The minimum atomic E-state index is 0.608. The second-order valence-corrected chi connectivity index (χ2v) is 5.36. The van der Waals surface area contributed by atoms with Crippen molar-refractivity contribution in [3.63, 3.8) is 0 Å². The Kier molecular flexibility index (Phi) is 2.19. The second kappa shape index (κ2) is 3.60. The molecule has 1 aromatic carbocycles. The molecule has 0 unspecified atom stereocenters. The third-order valence-corrected chi connectivity index (χ3v) is 3.61. The topological polar surface area (TPSA) is 52.0 Å². The standard InChI is InChI=1S/C13H12N2OS/c1-7-4-3-5-10-11(7)15-13(16-10)9-6-8(2)17-12(9)14/h3-6H,14H2,1-2H3. The van der Waals surface area contributed by atoms with Gasteiger partial charge in [0.05, 0.1) is 10.6 Å². The van der Waals surface area contributed by atoms with Crippen molar-refractivity contribution in [3.8, 4) is 11.5 Å². The summed E-state index contributed by atoms with van der Waals surface area (Å²) in [6.07, 6.45) is 0. The molecule has 0 fully saturated rings. The van der Waals surface area contributed by atoms with Crippen molar-refractivity contribution in [1.29, 1.82) is 0 Å². The Labute approximate surface area is 103 Å². The van der Waals surface area contributed by atoms with Crippen LogP contribution in [-0.2, 0) is 0 Å². The molecule has 0 amide bonds. The predicted molar refractivity (Wildman–Crippen MR) is 71.2 cm³/mol. The minimum absolute atomic E-state index is 0.608. The van der Waals surface area contributed by atoms with Gasteiger partial charge in [0.25, 0.3) is 0 Å². The molecule has 2 N–H and O–H groups in total. The molecular formula is C13H12N2OS.